The summed E-state index contributed by atoms with van der Waals surface area (Å²) in [5, 5.41) is 12.3. The number of carbonyl (C=O) groups excluding carboxylic acids is 1. The molecule has 1 aromatic carbocycles. The summed E-state index contributed by atoms with van der Waals surface area (Å²) in [4.78, 5) is 29.8. The van der Waals surface area contributed by atoms with Crippen LogP contribution in [0.2, 0.25) is 0 Å². The average Bonchev–Trinajstić information content (AvgIpc) is 2.96. The molecular formula is C18H22N4O3. The second kappa shape index (κ2) is 6.96. The third-order valence-electron chi connectivity index (χ3n) is 4.27. The molecule has 25 heavy (non-hydrogen) atoms. The Morgan fingerprint density at radius 1 is 1.32 bits per heavy atom. The Hall–Kier alpha value is -2.83. The summed E-state index contributed by atoms with van der Waals surface area (Å²) >= 11 is 0. The van der Waals surface area contributed by atoms with Crippen LogP contribution < -0.4 is 5.32 Å². The highest BCUT2D eigenvalue weighted by molar-refractivity contribution is 5.83. The van der Waals surface area contributed by atoms with Crippen LogP contribution in [-0.4, -0.2) is 43.6 Å². The van der Waals surface area contributed by atoms with Gasteiger partial charge in [-0.1, -0.05) is 30.3 Å². The summed E-state index contributed by atoms with van der Waals surface area (Å²) in [5.74, 6) is -1.00. The number of nitrogens with one attached hydrogen (secondary N) is 1. The molecule has 0 aliphatic carbocycles. The second-order valence-electron chi connectivity index (χ2n) is 6.54. The van der Waals surface area contributed by atoms with Crippen LogP contribution in [0.25, 0.3) is 0 Å². The molecule has 3 rings (SSSR count). The number of benzene rings is 1. The molecule has 2 aromatic rings. The van der Waals surface area contributed by atoms with Gasteiger partial charge in [0.1, 0.15) is 6.04 Å². The molecule has 0 saturated heterocycles. The first-order valence-corrected chi connectivity index (χ1v) is 8.32. The van der Waals surface area contributed by atoms with E-state index < -0.39 is 12.0 Å². The Morgan fingerprint density at radius 2 is 2.04 bits per heavy atom. The summed E-state index contributed by atoms with van der Waals surface area (Å²) in [6.45, 7) is 4.52. The SMILES string of the molecule is CC(C)NC(=O)N1Cc2ncn(Cc3ccccc3)c2CC1C(=O)O. The van der Waals surface area contributed by atoms with Gasteiger partial charge in [-0.25, -0.2) is 14.6 Å². The van der Waals surface area contributed by atoms with Crippen LogP contribution in [0.5, 0.6) is 0 Å². The second-order valence-corrected chi connectivity index (χ2v) is 6.54. The van der Waals surface area contributed by atoms with Crippen LogP contribution >= 0.6 is 0 Å². The summed E-state index contributed by atoms with van der Waals surface area (Å²) in [6.07, 6.45) is 1.98. The predicted molar refractivity (Wildman–Crippen MR) is 92.1 cm³/mol. The van der Waals surface area contributed by atoms with Gasteiger partial charge >= 0.3 is 12.0 Å². The number of fused-ring (bicyclic) bond motifs is 1. The monoisotopic (exact) mass is 342 g/mol. The normalized spacial score (nSPS) is 16.6. The number of nitrogens with zero attached hydrogens (tertiary/aromatic N) is 3. The highest BCUT2D eigenvalue weighted by Gasteiger charge is 2.37. The number of hydrogen-bond donors (Lipinski definition) is 2. The fraction of sp³-hybridized carbons (Fsp3) is 0.389. The lowest BCUT2D eigenvalue weighted by molar-refractivity contribution is -0.142. The molecule has 0 fully saturated rings. The van der Waals surface area contributed by atoms with Crippen molar-refractivity contribution in [3.8, 4) is 0 Å². The van der Waals surface area contributed by atoms with E-state index in [1.807, 2.05) is 48.7 Å². The topological polar surface area (TPSA) is 87.5 Å². The van der Waals surface area contributed by atoms with Crippen LogP contribution in [0.15, 0.2) is 36.7 Å². The number of carboxylic acid groups (broad SMARTS) is 1. The fourth-order valence-electron chi connectivity index (χ4n) is 3.06. The first kappa shape index (κ1) is 17.0. The number of carboxylic acids is 1. The van der Waals surface area contributed by atoms with E-state index in [9.17, 15) is 14.7 Å². The molecular weight excluding hydrogens is 320 g/mol. The van der Waals surface area contributed by atoms with Crippen molar-refractivity contribution >= 4 is 12.0 Å². The zero-order valence-electron chi connectivity index (χ0n) is 14.3. The predicted octanol–water partition coefficient (Wildman–Crippen LogP) is 1.86. The average molecular weight is 342 g/mol. The highest BCUT2D eigenvalue weighted by atomic mass is 16.4. The van der Waals surface area contributed by atoms with E-state index in [-0.39, 0.29) is 25.0 Å². The van der Waals surface area contributed by atoms with Gasteiger partial charge in [-0.3, -0.25) is 0 Å². The maximum atomic E-state index is 12.3. The zero-order valence-corrected chi connectivity index (χ0v) is 14.3. The molecule has 0 saturated carbocycles. The van der Waals surface area contributed by atoms with E-state index >= 15 is 0 Å². The third kappa shape index (κ3) is 3.65. The minimum absolute atomic E-state index is 0.0565. The molecule has 2 heterocycles. The van der Waals surface area contributed by atoms with Crippen molar-refractivity contribution in [2.75, 3.05) is 0 Å². The van der Waals surface area contributed by atoms with Crippen LogP contribution in [0.4, 0.5) is 4.79 Å². The molecule has 1 aromatic heterocycles. The Bertz CT molecular complexity index is 770. The Balaban J connectivity index is 1.85. The van der Waals surface area contributed by atoms with Crippen molar-refractivity contribution in [2.24, 2.45) is 0 Å². The first-order chi connectivity index (χ1) is 12.0. The molecule has 7 heteroatoms. The Labute approximate surface area is 146 Å². The lowest BCUT2D eigenvalue weighted by atomic mass is 10.0. The third-order valence-corrected chi connectivity index (χ3v) is 4.27. The van der Waals surface area contributed by atoms with Crippen LogP contribution in [0, 0.1) is 0 Å². The molecule has 1 atom stereocenters. The quantitative estimate of drug-likeness (QED) is 0.888. The summed E-state index contributed by atoms with van der Waals surface area (Å²) in [7, 11) is 0. The van der Waals surface area contributed by atoms with Crippen LogP contribution in [0.1, 0.15) is 30.8 Å². The molecule has 1 unspecified atom stereocenters. The number of hydrogen-bond acceptors (Lipinski definition) is 3. The van der Waals surface area contributed by atoms with Gasteiger partial charge in [0.2, 0.25) is 0 Å². The minimum atomic E-state index is -1.00. The van der Waals surface area contributed by atoms with Crippen LogP contribution in [-0.2, 0) is 24.3 Å². The maximum absolute atomic E-state index is 12.3. The number of urea groups is 1. The van der Waals surface area contributed by atoms with Gasteiger partial charge in [-0.05, 0) is 19.4 Å². The van der Waals surface area contributed by atoms with Crippen molar-refractivity contribution < 1.29 is 14.7 Å². The highest BCUT2D eigenvalue weighted by Crippen LogP contribution is 2.24. The molecule has 132 valence electrons. The summed E-state index contributed by atoms with van der Waals surface area (Å²) in [5.41, 5.74) is 2.76. The number of carbonyl (C=O) groups is 2. The number of rotatable bonds is 4. The van der Waals surface area contributed by atoms with Gasteiger partial charge in [-0.15, -0.1) is 0 Å². The molecule has 0 bridgehead atoms. The zero-order chi connectivity index (χ0) is 18.0. The number of aliphatic carboxylic acids is 1. The maximum Gasteiger partial charge on any atom is 0.326 e. The molecule has 0 spiro atoms. The van der Waals surface area contributed by atoms with Gasteiger partial charge in [0.15, 0.2) is 0 Å². The lowest BCUT2D eigenvalue weighted by Crippen LogP contribution is -2.53. The van der Waals surface area contributed by atoms with E-state index in [1.165, 1.54) is 4.90 Å². The van der Waals surface area contributed by atoms with Crippen molar-refractivity contribution in [1.29, 1.82) is 0 Å². The smallest absolute Gasteiger partial charge is 0.326 e. The van der Waals surface area contributed by atoms with Crippen molar-refractivity contribution in [2.45, 2.75) is 45.4 Å². The largest absolute Gasteiger partial charge is 0.480 e. The fourth-order valence-corrected chi connectivity index (χ4v) is 3.06. The van der Waals surface area contributed by atoms with E-state index in [1.54, 1.807) is 6.33 Å². The Morgan fingerprint density at radius 3 is 2.68 bits per heavy atom. The van der Waals surface area contributed by atoms with Gasteiger partial charge in [-0.2, -0.15) is 0 Å². The summed E-state index contributed by atoms with van der Waals surface area (Å²) in [6, 6.07) is 8.62. The van der Waals surface area contributed by atoms with E-state index in [2.05, 4.69) is 10.3 Å². The number of aromatic nitrogens is 2. The van der Waals surface area contributed by atoms with E-state index in [0.717, 1.165) is 17.0 Å². The molecule has 1 aliphatic heterocycles. The van der Waals surface area contributed by atoms with Gasteiger partial charge in [0.05, 0.1) is 18.6 Å². The number of amides is 2. The lowest BCUT2D eigenvalue weighted by Gasteiger charge is -2.33. The van der Waals surface area contributed by atoms with Gasteiger partial charge < -0.3 is 19.9 Å². The van der Waals surface area contributed by atoms with Crippen LogP contribution in [0.3, 0.4) is 0 Å². The number of imidazole rings is 1. The molecule has 1 aliphatic rings. The first-order valence-electron chi connectivity index (χ1n) is 8.32. The standard InChI is InChI=1S/C18H22N4O3/c1-12(2)20-18(25)22-10-14-15(8-16(22)17(23)24)21(11-19-14)9-13-6-4-3-5-7-13/h3-7,11-12,16H,8-10H2,1-2H3,(H,20,25)(H,23,24). The van der Waals surface area contributed by atoms with E-state index in [0.29, 0.717) is 6.54 Å². The Kier molecular flexibility index (Phi) is 4.74. The van der Waals surface area contributed by atoms with Crippen molar-refractivity contribution in [3.63, 3.8) is 0 Å². The van der Waals surface area contributed by atoms with Gasteiger partial charge in [0.25, 0.3) is 0 Å². The molecule has 0 radical (unpaired) electrons. The minimum Gasteiger partial charge on any atom is -0.480 e. The van der Waals surface area contributed by atoms with Gasteiger partial charge in [0, 0.05) is 24.7 Å². The molecule has 7 nitrogen and oxygen atoms in total. The summed E-state index contributed by atoms with van der Waals surface area (Å²) < 4.78 is 1.97. The molecule has 2 N–H and O–H groups in total. The van der Waals surface area contributed by atoms with Crippen molar-refractivity contribution in [1.82, 2.24) is 19.8 Å². The van der Waals surface area contributed by atoms with E-state index in [4.69, 9.17) is 0 Å². The van der Waals surface area contributed by atoms with Crippen molar-refractivity contribution in [3.05, 3.63) is 53.6 Å². The molecule has 2 amide bonds.